The van der Waals surface area contributed by atoms with Crippen molar-refractivity contribution in [1.29, 1.82) is 0 Å². The van der Waals surface area contributed by atoms with Gasteiger partial charge in [-0.25, -0.2) is 0 Å². The SMILES string of the molecule is C[C@]1(C=O)CC=CC[C@@H]1Cl. The van der Waals surface area contributed by atoms with Crippen LogP contribution in [0.4, 0.5) is 0 Å². The number of aldehydes is 1. The van der Waals surface area contributed by atoms with Crippen LogP contribution in [0.1, 0.15) is 19.8 Å². The highest BCUT2D eigenvalue weighted by Crippen LogP contribution is 2.33. The Morgan fingerprint density at radius 1 is 1.70 bits per heavy atom. The summed E-state index contributed by atoms with van der Waals surface area (Å²) < 4.78 is 0. The van der Waals surface area contributed by atoms with Crippen LogP contribution in [0.3, 0.4) is 0 Å². The first-order valence-corrected chi connectivity index (χ1v) is 3.88. The lowest BCUT2D eigenvalue weighted by Crippen LogP contribution is -2.30. The zero-order chi connectivity index (χ0) is 7.61. The van der Waals surface area contributed by atoms with Crippen LogP contribution in [0.2, 0.25) is 0 Å². The normalized spacial score (nSPS) is 39.6. The number of hydrogen-bond acceptors (Lipinski definition) is 1. The maximum Gasteiger partial charge on any atom is 0.127 e. The highest BCUT2D eigenvalue weighted by atomic mass is 35.5. The highest BCUT2D eigenvalue weighted by Gasteiger charge is 2.32. The molecule has 1 aliphatic rings. The zero-order valence-corrected chi connectivity index (χ0v) is 6.77. The Balaban J connectivity index is 2.75. The number of hydrogen-bond donors (Lipinski definition) is 0. The van der Waals surface area contributed by atoms with E-state index in [2.05, 4.69) is 0 Å². The summed E-state index contributed by atoms with van der Waals surface area (Å²) in [5.74, 6) is 0. The molecule has 10 heavy (non-hydrogen) atoms. The van der Waals surface area contributed by atoms with E-state index in [1.54, 1.807) is 0 Å². The van der Waals surface area contributed by atoms with Crippen molar-refractivity contribution in [1.82, 2.24) is 0 Å². The Morgan fingerprint density at radius 2 is 2.40 bits per heavy atom. The van der Waals surface area contributed by atoms with Gasteiger partial charge >= 0.3 is 0 Å². The third-order valence-electron chi connectivity index (χ3n) is 2.05. The third-order valence-corrected chi connectivity index (χ3v) is 2.73. The first kappa shape index (κ1) is 7.80. The number of allylic oxidation sites excluding steroid dienone is 2. The molecule has 0 heterocycles. The van der Waals surface area contributed by atoms with Crippen LogP contribution in [0, 0.1) is 5.41 Å². The van der Waals surface area contributed by atoms with Crippen molar-refractivity contribution in [3.05, 3.63) is 12.2 Å². The second-order valence-corrected chi connectivity index (χ2v) is 3.53. The number of carbonyl (C=O) groups is 1. The van der Waals surface area contributed by atoms with Crippen LogP contribution in [-0.4, -0.2) is 11.7 Å². The van der Waals surface area contributed by atoms with Crippen LogP contribution in [0.5, 0.6) is 0 Å². The molecule has 0 aromatic heterocycles. The Hall–Kier alpha value is -0.300. The molecule has 56 valence electrons. The average Bonchev–Trinajstić information content (AvgIpc) is 1.96. The van der Waals surface area contributed by atoms with E-state index in [1.165, 1.54) is 0 Å². The monoisotopic (exact) mass is 158 g/mol. The Kier molecular flexibility index (Phi) is 2.14. The largest absolute Gasteiger partial charge is 0.303 e. The van der Waals surface area contributed by atoms with E-state index in [0.717, 1.165) is 19.1 Å². The number of carbonyl (C=O) groups excluding carboxylic acids is 1. The Bertz CT molecular complexity index is 165. The van der Waals surface area contributed by atoms with E-state index in [-0.39, 0.29) is 10.8 Å². The molecule has 0 bridgehead atoms. The van der Waals surface area contributed by atoms with Gasteiger partial charge in [-0.05, 0) is 12.8 Å². The van der Waals surface area contributed by atoms with Crippen LogP contribution >= 0.6 is 11.6 Å². The van der Waals surface area contributed by atoms with E-state index in [9.17, 15) is 4.79 Å². The predicted octanol–water partition coefficient (Wildman–Crippen LogP) is 2.15. The molecule has 0 saturated heterocycles. The molecule has 0 radical (unpaired) electrons. The molecule has 0 saturated carbocycles. The summed E-state index contributed by atoms with van der Waals surface area (Å²) in [4.78, 5) is 10.6. The third kappa shape index (κ3) is 1.24. The molecule has 0 spiro atoms. The van der Waals surface area contributed by atoms with Gasteiger partial charge in [-0.2, -0.15) is 0 Å². The molecule has 1 aliphatic carbocycles. The van der Waals surface area contributed by atoms with Gasteiger partial charge in [0.25, 0.3) is 0 Å². The molecule has 2 heteroatoms. The molecule has 0 aromatic rings. The molecule has 0 N–H and O–H groups in total. The van der Waals surface area contributed by atoms with Crippen LogP contribution < -0.4 is 0 Å². The van der Waals surface area contributed by atoms with E-state index >= 15 is 0 Å². The molecular formula is C8H11ClO. The van der Waals surface area contributed by atoms with Gasteiger partial charge in [0.15, 0.2) is 0 Å². The second kappa shape index (κ2) is 2.75. The molecule has 1 rings (SSSR count). The van der Waals surface area contributed by atoms with Gasteiger partial charge in [0.05, 0.1) is 0 Å². The first-order valence-electron chi connectivity index (χ1n) is 3.44. The summed E-state index contributed by atoms with van der Waals surface area (Å²) in [7, 11) is 0. The van der Waals surface area contributed by atoms with Crippen LogP contribution in [-0.2, 0) is 4.79 Å². The van der Waals surface area contributed by atoms with Crippen molar-refractivity contribution in [2.24, 2.45) is 5.41 Å². The molecule has 0 unspecified atom stereocenters. The fourth-order valence-electron chi connectivity index (χ4n) is 1.07. The minimum atomic E-state index is -0.323. The summed E-state index contributed by atoms with van der Waals surface area (Å²) in [6.07, 6.45) is 6.62. The molecule has 2 atom stereocenters. The molecular weight excluding hydrogens is 148 g/mol. The van der Waals surface area contributed by atoms with Crippen molar-refractivity contribution >= 4 is 17.9 Å². The summed E-state index contributed by atoms with van der Waals surface area (Å²) in [5.41, 5.74) is -0.323. The van der Waals surface area contributed by atoms with Crippen molar-refractivity contribution in [2.45, 2.75) is 25.1 Å². The number of alkyl halides is 1. The van der Waals surface area contributed by atoms with Crippen molar-refractivity contribution in [3.63, 3.8) is 0 Å². The van der Waals surface area contributed by atoms with Gasteiger partial charge in [0, 0.05) is 10.8 Å². The maximum atomic E-state index is 10.6. The minimum Gasteiger partial charge on any atom is -0.303 e. The van der Waals surface area contributed by atoms with Crippen LogP contribution in [0.25, 0.3) is 0 Å². The lowest BCUT2D eigenvalue weighted by Gasteiger charge is -2.29. The smallest absolute Gasteiger partial charge is 0.127 e. The van der Waals surface area contributed by atoms with Crippen LogP contribution in [0.15, 0.2) is 12.2 Å². The minimum absolute atomic E-state index is 0.0185. The van der Waals surface area contributed by atoms with E-state index in [1.807, 2.05) is 19.1 Å². The fraction of sp³-hybridized carbons (Fsp3) is 0.625. The van der Waals surface area contributed by atoms with E-state index in [0.29, 0.717) is 0 Å². The summed E-state index contributed by atoms with van der Waals surface area (Å²) in [6.45, 7) is 1.90. The predicted molar refractivity (Wildman–Crippen MR) is 42.2 cm³/mol. The Morgan fingerprint density at radius 3 is 2.80 bits per heavy atom. The van der Waals surface area contributed by atoms with Gasteiger partial charge in [-0.1, -0.05) is 19.1 Å². The van der Waals surface area contributed by atoms with Gasteiger partial charge in [0.1, 0.15) is 6.29 Å². The van der Waals surface area contributed by atoms with Gasteiger partial charge in [0.2, 0.25) is 0 Å². The molecule has 0 aliphatic heterocycles. The second-order valence-electron chi connectivity index (χ2n) is 3.00. The highest BCUT2D eigenvalue weighted by molar-refractivity contribution is 6.22. The van der Waals surface area contributed by atoms with Gasteiger partial charge in [-0.15, -0.1) is 11.6 Å². The average molecular weight is 159 g/mol. The van der Waals surface area contributed by atoms with E-state index < -0.39 is 0 Å². The van der Waals surface area contributed by atoms with Crippen molar-refractivity contribution in [2.75, 3.05) is 0 Å². The summed E-state index contributed by atoms with van der Waals surface area (Å²) >= 11 is 5.94. The number of halogens is 1. The van der Waals surface area contributed by atoms with Gasteiger partial charge < -0.3 is 4.79 Å². The Labute approximate surface area is 66.1 Å². The van der Waals surface area contributed by atoms with Crippen molar-refractivity contribution in [3.8, 4) is 0 Å². The quantitative estimate of drug-likeness (QED) is 0.325. The summed E-state index contributed by atoms with van der Waals surface area (Å²) in [6, 6.07) is 0. The molecule has 0 fully saturated rings. The lowest BCUT2D eigenvalue weighted by atomic mass is 9.80. The first-order chi connectivity index (χ1) is 4.69. The molecule has 0 amide bonds. The van der Waals surface area contributed by atoms with Crippen molar-refractivity contribution < 1.29 is 4.79 Å². The topological polar surface area (TPSA) is 17.1 Å². The maximum absolute atomic E-state index is 10.6. The summed E-state index contributed by atoms with van der Waals surface area (Å²) in [5, 5.41) is -0.0185. The molecule has 1 nitrogen and oxygen atoms in total. The number of rotatable bonds is 1. The molecule has 0 aromatic carbocycles. The fourth-order valence-corrected chi connectivity index (χ4v) is 1.32. The van der Waals surface area contributed by atoms with Gasteiger partial charge in [-0.3, -0.25) is 0 Å². The van der Waals surface area contributed by atoms with E-state index in [4.69, 9.17) is 11.6 Å². The zero-order valence-electron chi connectivity index (χ0n) is 6.01. The standard InChI is InChI=1S/C8H11ClO/c1-8(6-10)5-3-2-4-7(8)9/h2-3,6-7H,4-5H2,1H3/t7-,8+/m0/s1. The lowest BCUT2D eigenvalue weighted by molar-refractivity contribution is -0.115.